The Hall–Kier alpha value is -1.86. The first-order chi connectivity index (χ1) is 9.67. The van der Waals surface area contributed by atoms with Gasteiger partial charge in [0.05, 0.1) is 16.8 Å². The lowest BCUT2D eigenvalue weighted by atomic mass is 10.2. The van der Waals surface area contributed by atoms with Gasteiger partial charge >= 0.3 is 0 Å². The van der Waals surface area contributed by atoms with Gasteiger partial charge in [0, 0.05) is 6.42 Å². The molecule has 0 saturated carbocycles. The van der Waals surface area contributed by atoms with E-state index in [1.54, 1.807) is 0 Å². The van der Waals surface area contributed by atoms with Crippen LogP contribution in [0.15, 0.2) is 23.2 Å². The van der Waals surface area contributed by atoms with Crippen LogP contribution in [0.4, 0.5) is 0 Å². The number of thiazole rings is 1. The number of aryl methyl sites for hydroxylation is 1. The summed E-state index contributed by atoms with van der Waals surface area (Å²) in [6.45, 7) is 4.55. The van der Waals surface area contributed by atoms with Gasteiger partial charge in [-0.05, 0) is 25.0 Å². The van der Waals surface area contributed by atoms with Crippen molar-refractivity contribution in [3.8, 4) is 12.3 Å². The maximum absolute atomic E-state index is 11.9. The molecule has 1 amide bonds. The molecule has 0 saturated heterocycles. The summed E-state index contributed by atoms with van der Waals surface area (Å²) in [5.74, 6) is 2.58. The molecule has 0 spiro atoms. The van der Waals surface area contributed by atoms with Crippen LogP contribution < -0.4 is 4.80 Å². The topological polar surface area (TPSA) is 34.4 Å². The lowest BCUT2D eigenvalue weighted by Crippen LogP contribution is -2.16. The van der Waals surface area contributed by atoms with E-state index in [1.165, 1.54) is 11.3 Å². The van der Waals surface area contributed by atoms with E-state index < -0.39 is 0 Å². The van der Waals surface area contributed by atoms with Crippen LogP contribution in [0.25, 0.3) is 10.2 Å². The lowest BCUT2D eigenvalue weighted by molar-refractivity contribution is -0.118. The molecule has 0 aliphatic heterocycles. The zero-order chi connectivity index (χ0) is 14.5. The van der Waals surface area contributed by atoms with Gasteiger partial charge in [-0.1, -0.05) is 42.7 Å². The molecule has 0 radical (unpaired) electrons. The molecule has 0 aliphatic carbocycles. The maximum atomic E-state index is 11.9. The van der Waals surface area contributed by atoms with E-state index in [1.807, 2.05) is 29.7 Å². The molecular formula is C16H18N2OS. The van der Waals surface area contributed by atoms with Gasteiger partial charge in [-0.3, -0.25) is 4.79 Å². The molecule has 2 rings (SSSR count). The van der Waals surface area contributed by atoms with Crippen molar-refractivity contribution in [2.75, 3.05) is 0 Å². The summed E-state index contributed by atoms with van der Waals surface area (Å²) >= 11 is 1.52. The molecule has 0 N–H and O–H groups in total. The number of benzene rings is 1. The largest absolute Gasteiger partial charge is 0.304 e. The zero-order valence-electron chi connectivity index (χ0n) is 11.8. The van der Waals surface area contributed by atoms with Gasteiger partial charge in [-0.2, -0.15) is 4.99 Å². The molecule has 0 atom stereocenters. The van der Waals surface area contributed by atoms with Crippen LogP contribution in [0, 0.1) is 19.3 Å². The Bertz CT molecular complexity index is 731. The van der Waals surface area contributed by atoms with Crippen molar-refractivity contribution >= 4 is 27.5 Å². The number of carbonyl (C=O) groups is 1. The van der Waals surface area contributed by atoms with Gasteiger partial charge in [0.1, 0.15) is 0 Å². The number of amides is 1. The Morgan fingerprint density at radius 2 is 2.30 bits per heavy atom. The number of hydrogen-bond acceptors (Lipinski definition) is 2. The minimum Gasteiger partial charge on any atom is -0.304 e. The SMILES string of the molecule is C#CCn1c(=NC(=O)CCCC)sc2cccc(C)c21. The van der Waals surface area contributed by atoms with Crippen molar-refractivity contribution in [3.63, 3.8) is 0 Å². The number of hydrogen-bond donors (Lipinski definition) is 0. The number of para-hydroxylation sites is 1. The highest BCUT2D eigenvalue weighted by Crippen LogP contribution is 2.20. The van der Waals surface area contributed by atoms with E-state index in [0.29, 0.717) is 17.8 Å². The average molecular weight is 286 g/mol. The number of fused-ring (bicyclic) bond motifs is 1. The monoisotopic (exact) mass is 286 g/mol. The third kappa shape index (κ3) is 3.00. The van der Waals surface area contributed by atoms with Crippen molar-refractivity contribution < 1.29 is 4.79 Å². The van der Waals surface area contributed by atoms with E-state index in [-0.39, 0.29) is 5.91 Å². The summed E-state index contributed by atoms with van der Waals surface area (Å²) in [5.41, 5.74) is 2.23. The van der Waals surface area contributed by atoms with Crippen LogP contribution in [-0.2, 0) is 11.3 Å². The number of terminal acetylenes is 1. The van der Waals surface area contributed by atoms with Crippen LogP contribution in [0.3, 0.4) is 0 Å². The summed E-state index contributed by atoms with van der Waals surface area (Å²) in [4.78, 5) is 16.8. The standard InChI is InChI=1S/C16H18N2OS/c1-4-6-10-14(19)17-16-18(11-5-2)15-12(3)8-7-9-13(15)20-16/h2,7-9H,4,6,10-11H2,1,3H3. The van der Waals surface area contributed by atoms with Crippen molar-refractivity contribution in [2.45, 2.75) is 39.7 Å². The summed E-state index contributed by atoms with van der Waals surface area (Å²) in [7, 11) is 0. The van der Waals surface area contributed by atoms with E-state index in [2.05, 4.69) is 17.8 Å². The lowest BCUT2D eigenvalue weighted by Gasteiger charge is -2.02. The molecule has 20 heavy (non-hydrogen) atoms. The predicted molar refractivity (Wildman–Crippen MR) is 83.5 cm³/mol. The van der Waals surface area contributed by atoms with Crippen LogP contribution in [0.1, 0.15) is 31.7 Å². The molecule has 0 bridgehead atoms. The Morgan fingerprint density at radius 1 is 1.50 bits per heavy atom. The fraction of sp³-hybridized carbons (Fsp3) is 0.375. The number of rotatable bonds is 4. The Kier molecular flexibility index (Phi) is 4.75. The minimum atomic E-state index is -0.0677. The smallest absolute Gasteiger partial charge is 0.248 e. The fourth-order valence-corrected chi connectivity index (χ4v) is 3.25. The first-order valence-corrected chi connectivity index (χ1v) is 7.59. The molecule has 3 nitrogen and oxygen atoms in total. The second-order valence-electron chi connectivity index (χ2n) is 4.71. The normalized spacial score (nSPS) is 11.8. The third-order valence-electron chi connectivity index (χ3n) is 3.12. The summed E-state index contributed by atoms with van der Waals surface area (Å²) < 4.78 is 3.07. The molecule has 2 aromatic rings. The molecule has 1 aromatic heterocycles. The van der Waals surface area contributed by atoms with Gasteiger partial charge in [-0.15, -0.1) is 6.42 Å². The Labute approximate surface area is 123 Å². The molecule has 0 aliphatic rings. The highest BCUT2D eigenvalue weighted by Gasteiger charge is 2.08. The number of carbonyl (C=O) groups excluding carboxylic acids is 1. The Balaban J connectivity index is 2.56. The molecule has 0 fully saturated rings. The number of aromatic nitrogens is 1. The van der Waals surface area contributed by atoms with Gasteiger partial charge in [-0.25, -0.2) is 0 Å². The van der Waals surface area contributed by atoms with Crippen LogP contribution in [0.2, 0.25) is 0 Å². The Morgan fingerprint density at radius 3 is 3.00 bits per heavy atom. The molecule has 1 aromatic carbocycles. The van der Waals surface area contributed by atoms with Gasteiger partial charge < -0.3 is 4.57 Å². The molecular weight excluding hydrogens is 268 g/mol. The van der Waals surface area contributed by atoms with E-state index in [0.717, 1.165) is 28.6 Å². The summed E-state index contributed by atoms with van der Waals surface area (Å²) in [5, 5.41) is 0. The first-order valence-electron chi connectivity index (χ1n) is 6.77. The maximum Gasteiger partial charge on any atom is 0.248 e. The highest BCUT2D eigenvalue weighted by molar-refractivity contribution is 7.16. The zero-order valence-corrected chi connectivity index (χ0v) is 12.7. The second kappa shape index (κ2) is 6.53. The van der Waals surface area contributed by atoms with E-state index >= 15 is 0 Å². The average Bonchev–Trinajstić information content (AvgIpc) is 2.76. The van der Waals surface area contributed by atoms with Crippen molar-refractivity contribution in [1.29, 1.82) is 0 Å². The number of unbranched alkanes of at least 4 members (excludes halogenated alkanes) is 1. The first kappa shape index (κ1) is 14.5. The molecule has 0 unspecified atom stereocenters. The predicted octanol–water partition coefficient (Wildman–Crippen LogP) is 3.26. The molecule has 1 heterocycles. The summed E-state index contributed by atoms with van der Waals surface area (Å²) in [6, 6.07) is 6.09. The van der Waals surface area contributed by atoms with Crippen molar-refractivity contribution in [2.24, 2.45) is 4.99 Å². The van der Waals surface area contributed by atoms with Gasteiger partial charge in [0.25, 0.3) is 0 Å². The second-order valence-corrected chi connectivity index (χ2v) is 5.71. The summed E-state index contributed by atoms with van der Waals surface area (Å²) in [6.07, 6.45) is 7.82. The van der Waals surface area contributed by atoms with Crippen molar-refractivity contribution in [3.05, 3.63) is 28.6 Å². The number of nitrogens with zero attached hydrogens (tertiary/aromatic N) is 2. The minimum absolute atomic E-state index is 0.0677. The van der Waals surface area contributed by atoms with Crippen LogP contribution >= 0.6 is 11.3 Å². The fourth-order valence-electron chi connectivity index (χ4n) is 2.12. The van der Waals surface area contributed by atoms with Gasteiger partial charge in [0.15, 0.2) is 4.80 Å². The third-order valence-corrected chi connectivity index (χ3v) is 4.16. The van der Waals surface area contributed by atoms with Crippen LogP contribution in [-0.4, -0.2) is 10.5 Å². The van der Waals surface area contributed by atoms with Crippen molar-refractivity contribution in [1.82, 2.24) is 4.57 Å². The van der Waals surface area contributed by atoms with E-state index in [4.69, 9.17) is 6.42 Å². The van der Waals surface area contributed by atoms with Gasteiger partial charge in [0.2, 0.25) is 5.91 Å². The molecule has 4 heteroatoms. The highest BCUT2D eigenvalue weighted by atomic mass is 32.1. The van der Waals surface area contributed by atoms with E-state index in [9.17, 15) is 4.79 Å². The quantitative estimate of drug-likeness (QED) is 0.794. The van der Waals surface area contributed by atoms with Crippen LogP contribution in [0.5, 0.6) is 0 Å². The molecule has 104 valence electrons.